The monoisotopic (exact) mass is 372 g/mol. The Morgan fingerprint density at radius 1 is 1.15 bits per heavy atom. The van der Waals surface area contributed by atoms with Gasteiger partial charge in [-0.15, -0.1) is 0 Å². The van der Waals surface area contributed by atoms with Crippen LogP contribution in [0.15, 0.2) is 53.4 Å². The Balaban J connectivity index is 1.61. The van der Waals surface area contributed by atoms with Gasteiger partial charge < -0.3 is 5.32 Å². The van der Waals surface area contributed by atoms with Crippen molar-refractivity contribution in [2.45, 2.75) is 37.2 Å². The summed E-state index contributed by atoms with van der Waals surface area (Å²) >= 11 is 0. The predicted molar refractivity (Wildman–Crippen MR) is 103 cm³/mol. The molecule has 1 saturated carbocycles. The van der Waals surface area contributed by atoms with Crippen molar-refractivity contribution in [1.82, 2.24) is 4.90 Å². The van der Waals surface area contributed by atoms with Gasteiger partial charge in [-0.1, -0.05) is 29.8 Å². The van der Waals surface area contributed by atoms with E-state index in [9.17, 15) is 13.2 Å². The first-order chi connectivity index (χ1) is 12.3. The van der Waals surface area contributed by atoms with Crippen molar-refractivity contribution in [2.75, 3.05) is 18.1 Å². The lowest BCUT2D eigenvalue weighted by Crippen LogP contribution is -2.34. The summed E-state index contributed by atoms with van der Waals surface area (Å²) in [6.07, 6.45) is 3.42. The zero-order valence-electron chi connectivity index (χ0n) is 15.1. The molecule has 1 fully saturated rings. The molecule has 3 rings (SSSR count). The summed E-state index contributed by atoms with van der Waals surface area (Å²) in [6.45, 7) is 3.15. The average Bonchev–Trinajstić information content (AvgIpc) is 3.39. The fourth-order valence-electron chi connectivity index (χ4n) is 2.97. The Bertz CT molecular complexity index is 888. The lowest BCUT2D eigenvalue weighted by atomic mass is 10.1. The van der Waals surface area contributed by atoms with Crippen LogP contribution in [0.5, 0.6) is 0 Å². The molecule has 0 bridgehead atoms. The van der Waals surface area contributed by atoms with Crippen LogP contribution >= 0.6 is 0 Å². The standard InChI is InChI=1S/C20H24N2O3S/c1-15-4-3-5-16(12-15)13-22(18-8-9-18)14-20(23)21-17-6-10-19(11-7-17)26(2,24)25/h3-7,10-12,18H,8-9,13-14H2,1-2H3,(H,21,23). The van der Waals surface area contributed by atoms with Crippen LogP contribution in [0.4, 0.5) is 5.69 Å². The van der Waals surface area contributed by atoms with Crippen LogP contribution in [0.3, 0.4) is 0 Å². The van der Waals surface area contributed by atoms with E-state index in [0.29, 0.717) is 18.3 Å². The predicted octanol–water partition coefficient (Wildman–Crippen LogP) is 3.00. The van der Waals surface area contributed by atoms with Crippen molar-refractivity contribution in [3.8, 4) is 0 Å². The van der Waals surface area contributed by atoms with Crippen molar-refractivity contribution < 1.29 is 13.2 Å². The third-order valence-electron chi connectivity index (χ3n) is 4.44. The summed E-state index contributed by atoms with van der Waals surface area (Å²) in [5.41, 5.74) is 3.03. The molecular formula is C20H24N2O3S. The molecule has 1 amide bonds. The average molecular weight is 372 g/mol. The van der Waals surface area contributed by atoms with Gasteiger partial charge >= 0.3 is 0 Å². The zero-order valence-corrected chi connectivity index (χ0v) is 15.9. The fraction of sp³-hybridized carbons (Fsp3) is 0.350. The molecule has 0 spiro atoms. The van der Waals surface area contributed by atoms with Gasteiger partial charge in [-0.25, -0.2) is 8.42 Å². The minimum absolute atomic E-state index is 0.0864. The van der Waals surface area contributed by atoms with Crippen LogP contribution < -0.4 is 5.32 Å². The van der Waals surface area contributed by atoms with E-state index in [0.717, 1.165) is 19.4 Å². The molecule has 0 unspecified atom stereocenters. The normalized spacial score (nSPS) is 14.4. The number of amides is 1. The molecule has 1 aliphatic carbocycles. The Hall–Kier alpha value is -2.18. The minimum atomic E-state index is -3.23. The number of aryl methyl sites for hydroxylation is 1. The van der Waals surface area contributed by atoms with Crippen molar-refractivity contribution in [2.24, 2.45) is 0 Å². The smallest absolute Gasteiger partial charge is 0.238 e. The van der Waals surface area contributed by atoms with Gasteiger partial charge in [0, 0.05) is 24.5 Å². The highest BCUT2D eigenvalue weighted by Gasteiger charge is 2.30. The van der Waals surface area contributed by atoms with Crippen LogP contribution in [0, 0.1) is 6.92 Å². The van der Waals surface area contributed by atoms with Crippen LogP contribution in [-0.4, -0.2) is 38.1 Å². The fourth-order valence-corrected chi connectivity index (χ4v) is 3.60. The lowest BCUT2D eigenvalue weighted by Gasteiger charge is -2.21. The Labute approximate surface area is 154 Å². The molecule has 1 N–H and O–H groups in total. The second-order valence-electron chi connectivity index (χ2n) is 6.97. The number of nitrogens with one attached hydrogen (secondary N) is 1. The lowest BCUT2D eigenvalue weighted by molar-refractivity contribution is -0.117. The first-order valence-electron chi connectivity index (χ1n) is 8.71. The number of hydrogen-bond acceptors (Lipinski definition) is 4. The Morgan fingerprint density at radius 2 is 1.85 bits per heavy atom. The number of carbonyl (C=O) groups excluding carboxylic acids is 1. The van der Waals surface area contributed by atoms with Crippen LogP contribution in [0.25, 0.3) is 0 Å². The first kappa shape index (κ1) is 18.6. The molecule has 0 aliphatic heterocycles. The van der Waals surface area contributed by atoms with Crippen molar-refractivity contribution in [3.63, 3.8) is 0 Å². The zero-order chi connectivity index (χ0) is 18.7. The summed E-state index contributed by atoms with van der Waals surface area (Å²) in [5.74, 6) is -0.0864. The second kappa shape index (κ2) is 7.60. The molecular weight excluding hydrogens is 348 g/mol. The minimum Gasteiger partial charge on any atom is -0.325 e. The topological polar surface area (TPSA) is 66.5 Å². The Kier molecular flexibility index (Phi) is 5.44. The van der Waals surface area contributed by atoms with Crippen molar-refractivity contribution in [3.05, 3.63) is 59.7 Å². The summed E-state index contributed by atoms with van der Waals surface area (Å²) < 4.78 is 23.0. The molecule has 2 aromatic rings. The third-order valence-corrected chi connectivity index (χ3v) is 5.57. The summed E-state index contributed by atoms with van der Waals surface area (Å²) in [6, 6.07) is 15.1. The van der Waals surface area contributed by atoms with Gasteiger partial charge in [0.05, 0.1) is 11.4 Å². The number of benzene rings is 2. The van der Waals surface area contributed by atoms with Gasteiger partial charge in [0.2, 0.25) is 5.91 Å². The highest BCUT2D eigenvalue weighted by molar-refractivity contribution is 7.90. The van der Waals surface area contributed by atoms with Gasteiger partial charge in [0.25, 0.3) is 0 Å². The van der Waals surface area contributed by atoms with E-state index < -0.39 is 9.84 Å². The summed E-state index contributed by atoms with van der Waals surface area (Å²) in [5, 5.41) is 2.86. The van der Waals surface area contributed by atoms with Crippen molar-refractivity contribution >= 4 is 21.4 Å². The molecule has 0 atom stereocenters. The van der Waals surface area contributed by atoms with E-state index in [4.69, 9.17) is 0 Å². The van der Waals surface area contributed by atoms with Gasteiger partial charge in [-0.3, -0.25) is 9.69 Å². The maximum atomic E-state index is 12.4. The van der Waals surface area contributed by atoms with Crippen LogP contribution in [-0.2, 0) is 21.2 Å². The number of nitrogens with zero attached hydrogens (tertiary/aromatic N) is 1. The number of hydrogen-bond donors (Lipinski definition) is 1. The first-order valence-corrected chi connectivity index (χ1v) is 10.6. The molecule has 0 radical (unpaired) electrons. The van der Waals surface area contributed by atoms with Gasteiger partial charge in [-0.2, -0.15) is 0 Å². The van der Waals surface area contributed by atoms with Gasteiger partial charge in [-0.05, 0) is 49.6 Å². The molecule has 6 heteroatoms. The van der Waals surface area contributed by atoms with E-state index in [1.54, 1.807) is 12.1 Å². The highest BCUT2D eigenvalue weighted by atomic mass is 32.2. The maximum Gasteiger partial charge on any atom is 0.238 e. The highest BCUT2D eigenvalue weighted by Crippen LogP contribution is 2.28. The largest absolute Gasteiger partial charge is 0.325 e. The maximum absolute atomic E-state index is 12.4. The van der Waals surface area contributed by atoms with Gasteiger partial charge in [0.15, 0.2) is 9.84 Å². The molecule has 1 aliphatic rings. The number of anilines is 1. The summed E-state index contributed by atoms with van der Waals surface area (Å²) in [7, 11) is -3.23. The van der Waals surface area contributed by atoms with E-state index >= 15 is 0 Å². The SMILES string of the molecule is Cc1cccc(CN(CC(=O)Nc2ccc(S(C)(=O)=O)cc2)C2CC2)c1. The van der Waals surface area contributed by atoms with E-state index in [2.05, 4.69) is 35.3 Å². The molecule has 0 aromatic heterocycles. The van der Waals surface area contributed by atoms with Crippen molar-refractivity contribution in [1.29, 1.82) is 0 Å². The molecule has 5 nitrogen and oxygen atoms in total. The number of carbonyl (C=O) groups is 1. The summed E-state index contributed by atoms with van der Waals surface area (Å²) in [4.78, 5) is 14.9. The third kappa shape index (κ3) is 5.16. The van der Waals surface area contributed by atoms with E-state index in [1.165, 1.54) is 29.5 Å². The molecule has 2 aromatic carbocycles. The second-order valence-corrected chi connectivity index (χ2v) is 8.99. The Morgan fingerprint density at radius 3 is 2.42 bits per heavy atom. The molecule has 138 valence electrons. The van der Waals surface area contributed by atoms with E-state index in [-0.39, 0.29) is 10.8 Å². The quantitative estimate of drug-likeness (QED) is 0.811. The molecule has 0 saturated heterocycles. The van der Waals surface area contributed by atoms with Crippen LogP contribution in [0.1, 0.15) is 24.0 Å². The van der Waals surface area contributed by atoms with Gasteiger partial charge in [0.1, 0.15) is 0 Å². The molecule has 0 heterocycles. The molecule has 26 heavy (non-hydrogen) atoms. The number of rotatable bonds is 7. The number of sulfone groups is 1. The van der Waals surface area contributed by atoms with Crippen LogP contribution in [0.2, 0.25) is 0 Å². The van der Waals surface area contributed by atoms with E-state index in [1.807, 2.05) is 6.07 Å².